The molecular weight excluding hydrogens is 202 g/mol. The minimum Gasteiger partial charge on any atom is -0.386 e. The highest BCUT2D eigenvalue weighted by atomic mass is 16.1. The molecule has 2 N–H and O–H groups in total. The first kappa shape index (κ1) is 10.9. The van der Waals surface area contributed by atoms with E-state index in [1.165, 1.54) is 19.3 Å². The molecule has 1 amide bonds. The third-order valence-corrected chi connectivity index (χ3v) is 3.15. The molecule has 0 atom stereocenters. The Hall–Kier alpha value is -1.58. The van der Waals surface area contributed by atoms with Crippen LogP contribution >= 0.6 is 0 Å². The van der Waals surface area contributed by atoms with Crippen molar-refractivity contribution >= 4 is 11.6 Å². The topological polar surface area (TPSA) is 54.0 Å². The summed E-state index contributed by atoms with van der Waals surface area (Å²) < 4.78 is 0. The Balaban J connectivity index is 2.33. The van der Waals surface area contributed by atoms with Crippen molar-refractivity contribution in [1.82, 2.24) is 10.3 Å². The number of pyridine rings is 1. The lowest BCUT2D eigenvalue weighted by Crippen LogP contribution is -2.22. The molecule has 0 saturated heterocycles. The predicted molar refractivity (Wildman–Crippen MR) is 63.8 cm³/mol. The summed E-state index contributed by atoms with van der Waals surface area (Å²) in [4.78, 5) is 16.1. The van der Waals surface area contributed by atoms with Gasteiger partial charge in [-0.15, -0.1) is 0 Å². The van der Waals surface area contributed by atoms with Crippen molar-refractivity contribution in [1.29, 1.82) is 0 Å². The number of carbonyl (C=O) groups excluding carboxylic acids is 1. The van der Waals surface area contributed by atoms with Crippen LogP contribution in [0.15, 0.2) is 12.1 Å². The first-order valence-corrected chi connectivity index (χ1v) is 5.67. The van der Waals surface area contributed by atoms with E-state index in [1.807, 2.05) is 12.1 Å². The minimum atomic E-state index is -0.134. The van der Waals surface area contributed by atoms with Gasteiger partial charge in [-0.3, -0.25) is 4.79 Å². The van der Waals surface area contributed by atoms with Gasteiger partial charge in [-0.05, 0) is 25.0 Å². The van der Waals surface area contributed by atoms with Gasteiger partial charge in [-0.2, -0.15) is 0 Å². The van der Waals surface area contributed by atoms with Crippen LogP contribution in [0, 0.1) is 0 Å². The van der Waals surface area contributed by atoms with Crippen molar-refractivity contribution < 1.29 is 4.79 Å². The highest BCUT2D eigenvalue weighted by Gasteiger charge is 2.22. The highest BCUT2D eigenvalue weighted by molar-refractivity contribution is 5.97. The molecule has 1 aromatic rings. The number of aromatic nitrogens is 1. The number of carbonyl (C=O) groups is 1. The monoisotopic (exact) mass is 219 g/mol. The van der Waals surface area contributed by atoms with Crippen LogP contribution in [0.25, 0.3) is 0 Å². The van der Waals surface area contributed by atoms with E-state index < -0.39 is 0 Å². The molecule has 1 heterocycles. The maximum atomic E-state index is 11.7. The van der Waals surface area contributed by atoms with Gasteiger partial charge in [0, 0.05) is 25.7 Å². The van der Waals surface area contributed by atoms with Crippen LogP contribution < -0.4 is 10.6 Å². The molecule has 0 spiro atoms. The summed E-state index contributed by atoms with van der Waals surface area (Å²) in [6.07, 6.45) is 3.66. The lowest BCUT2D eigenvalue weighted by atomic mass is 9.82. The van der Waals surface area contributed by atoms with E-state index in [0.717, 1.165) is 11.4 Å². The molecule has 0 aromatic carbocycles. The first-order chi connectivity index (χ1) is 7.76. The SMILES string of the molecule is CNC(=O)c1nc(C2CCC2)ccc1NC. The molecule has 0 unspecified atom stereocenters. The lowest BCUT2D eigenvalue weighted by Gasteiger charge is -2.25. The summed E-state index contributed by atoms with van der Waals surface area (Å²) >= 11 is 0. The van der Waals surface area contributed by atoms with Crippen LogP contribution in [-0.4, -0.2) is 25.0 Å². The number of rotatable bonds is 3. The molecule has 0 aliphatic heterocycles. The fourth-order valence-corrected chi connectivity index (χ4v) is 1.90. The van der Waals surface area contributed by atoms with Gasteiger partial charge in [0.15, 0.2) is 5.69 Å². The predicted octanol–water partition coefficient (Wildman–Crippen LogP) is 1.75. The maximum Gasteiger partial charge on any atom is 0.271 e. The average Bonchev–Trinajstić information content (AvgIpc) is 2.25. The quantitative estimate of drug-likeness (QED) is 0.814. The second-order valence-corrected chi connectivity index (χ2v) is 4.09. The Labute approximate surface area is 95.5 Å². The largest absolute Gasteiger partial charge is 0.386 e. The number of nitrogens with zero attached hydrogens (tertiary/aromatic N) is 1. The van der Waals surface area contributed by atoms with Crippen LogP contribution in [0.3, 0.4) is 0 Å². The Morgan fingerprint density at radius 2 is 2.12 bits per heavy atom. The van der Waals surface area contributed by atoms with Gasteiger partial charge in [0.1, 0.15) is 0 Å². The smallest absolute Gasteiger partial charge is 0.271 e. The van der Waals surface area contributed by atoms with Crippen molar-refractivity contribution in [3.8, 4) is 0 Å². The van der Waals surface area contributed by atoms with E-state index in [9.17, 15) is 4.79 Å². The molecule has 1 aliphatic carbocycles. The van der Waals surface area contributed by atoms with Gasteiger partial charge in [0.25, 0.3) is 5.91 Å². The van der Waals surface area contributed by atoms with Crippen LogP contribution in [0.1, 0.15) is 41.4 Å². The molecule has 0 bridgehead atoms. The molecular formula is C12H17N3O. The molecule has 1 saturated carbocycles. The van der Waals surface area contributed by atoms with Gasteiger partial charge < -0.3 is 10.6 Å². The third-order valence-electron chi connectivity index (χ3n) is 3.15. The Kier molecular flexibility index (Phi) is 3.08. The zero-order chi connectivity index (χ0) is 11.5. The normalized spacial score (nSPS) is 15.4. The first-order valence-electron chi connectivity index (χ1n) is 5.67. The van der Waals surface area contributed by atoms with E-state index in [4.69, 9.17) is 0 Å². The van der Waals surface area contributed by atoms with E-state index >= 15 is 0 Å². The lowest BCUT2D eigenvalue weighted by molar-refractivity contribution is 0.0958. The summed E-state index contributed by atoms with van der Waals surface area (Å²) in [6.45, 7) is 0. The molecule has 1 aliphatic rings. The molecule has 2 rings (SSSR count). The molecule has 4 nitrogen and oxygen atoms in total. The van der Waals surface area contributed by atoms with E-state index in [1.54, 1.807) is 14.1 Å². The fraction of sp³-hybridized carbons (Fsp3) is 0.500. The summed E-state index contributed by atoms with van der Waals surface area (Å²) in [7, 11) is 3.42. The summed E-state index contributed by atoms with van der Waals surface area (Å²) in [5.74, 6) is 0.417. The summed E-state index contributed by atoms with van der Waals surface area (Å²) in [6, 6.07) is 3.95. The highest BCUT2D eigenvalue weighted by Crippen LogP contribution is 2.35. The Morgan fingerprint density at radius 3 is 2.62 bits per heavy atom. The molecule has 1 fully saturated rings. The van der Waals surface area contributed by atoms with Gasteiger partial charge in [-0.25, -0.2) is 4.98 Å². The van der Waals surface area contributed by atoms with Gasteiger partial charge in [-0.1, -0.05) is 6.42 Å². The number of hydrogen-bond donors (Lipinski definition) is 2. The summed E-state index contributed by atoms with van der Waals surface area (Å²) in [5.41, 5.74) is 2.32. The van der Waals surface area contributed by atoms with E-state index in [-0.39, 0.29) is 5.91 Å². The van der Waals surface area contributed by atoms with Crippen LogP contribution in [0.4, 0.5) is 5.69 Å². The maximum absolute atomic E-state index is 11.7. The fourth-order valence-electron chi connectivity index (χ4n) is 1.90. The van der Waals surface area contributed by atoms with Crippen molar-refractivity contribution in [2.24, 2.45) is 0 Å². The second-order valence-electron chi connectivity index (χ2n) is 4.09. The van der Waals surface area contributed by atoms with Crippen molar-refractivity contribution in [2.45, 2.75) is 25.2 Å². The molecule has 0 radical (unpaired) electrons. The Bertz CT molecular complexity index is 399. The second kappa shape index (κ2) is 4.51. The summed E-state index contributed by atoms with van der Waals surface area (Å²) in [5, 5.41) is 5.61. The zero-order valence-electron chi connectivity index (χ0n) is 9.71. The molecule has 16 heavy (non-hydrogen) atoms. The van der Waals surface area contributed by atoms with Gasteiger partial charge in [0.2, 0.25) is 0 Å². The van der Waals surface area contributed by atoms with Crippen LogP contribution in [-0.2, 0) is 0 Å². The number of anilines is 1. The third kappa shape index (κ3) is 1.87. The Morgan fingerprint density at radius 1 is 1.38 bits per heavy atom. The number of nitrogens with one attached hydrogen (secondary N) is 2. The van der Waals surface area contributed by atoms with Crippen molar-refractivity contribution in [2.75, 3.05) is 19.4 Å². The van der Waals surface area contributed by atoms with Gasteiger partial charge >= 0.3 is 0 Å². The van der Waals surface area contributed by atoms with Crippen LogP contribution in [0.2, 0.25) is 0 Å². The van der Waals surface area contributed by atoms with Crippen molar-refractivity contribution in [3.63, 3.8) is 0 Å². The number of amides is 1. The standard InChI is InChI=1S/C12H17N3O/c1-13-10-7-6-9(8-4-3-5-8)15-11(10)12(16)14-2/h6-8,13H,3-5H2,1-2H3,(H,14,16). The van der Waals surface area contributed by atoms with Crippen LogP contribution in [0.5, 0.6) is 0 Å². The van der Waals surface area contributed by atoms with Crippen molar-refractivity contribution in [3.05, 3.63) is 23.5 Å². The minimum absolute atomic E-state index is 0.134. The van der Waals surface area contributed by atoms with Gasteiger partial charge in [0.05, 0.1) is 5.69 Å². The van der Waals surface area contributed by atoms with E-state index in [2.05, 4.69) is 15.6 Å². The van der Waals surface area contributed by atoms with E-state index in [0.29, 0.717) is 11.6 Å². The average molecular weight is 219 g/mol. The molecule has 1 aromatic heterocycles. The molecule has 4 heteroatoms. The molecule has 86 valence electrons. The zero-order valence-corrected chi connectivity index (χ0v) is 9.71. The number of hydrogen-bond acceptors (Lipinski definition) is 3.